The van der Waals surface area contributed by atoms with Crippen molar-refractivity contribution in [2.75, 3.05) is 12.3 Å². The third-order valence-electron chi connectivity index (χ3n) is 1.99. The highest BCUT2D eigenvalue weighted by Gasteiger charge is 2.19. The topological polar surface area (TPSA) is 52.3 Å². The van der Waals surface area contributed by atoms with Crippen LogP contribution in [0.1, 0.15) is 16.8 Å². The van der Waals surface area contributed by atoms with Crippen molar-refractivity contribution in [3.63, 3.8) is 0 Å². The summed E-state index contributed by atoms with van der Waals surface area (Å²) in [5, 5.41) is 0. The van der Waals surface area contributed by atoms with Gasteiger partial charge in [-0.3, -0.25) is 4.79 Å². The summed E-state index contributed by atoms with van der Waals surface area (Å²) >= 11 is 3.27. The number of carbonyl (C=O) groups is 1. The van der Waals surface area contributed by atoms with Crippen molar-refractivity contribution in [1.29, 1.82) is 0 Å². The Balaban J connectivity index is 2.58. The van der Waals surface area contributed by atoms with E-state index in [0.717, 1.165) is 4.47 Å². The molecule has 68 valence electrons. The minimum absolute atomic E-state index is 0.113. The molecule has 2 rings (SSSR count). The van der Waals surface area contributed by atoms with Crippen molar-refractivity contribution in [3.05, 3.63) is 22.2 Å². The molecule has 1 aromatic rings. The molecule has 2 N–H and O–H groups in total. The van der Waals surface area contributed by atoms with Crippen LogP contribution in [-0.2, 0) is 0 Å². The standard InChI is InChI=1S/C9H8BrNO2/c10-6-3-5-8(12)1-2-13-9(5)4-7(6)11/h3-4H,1-2,11H2. The molecule has 3 nitrogen and oxygen atoms in total. The van der Waals surface area contributed by atoms with Crippen LogP contribution in [0.25, 0.3) is 0 Å². The summed E-state index contributed by atoms with van der Waals surface area (Å²) in [6.45, 7) is 0.451. The molecule has 0 amide bonds. The molecule has 4 heteroatoms. The maximum absolute atomic E-state index is 11.4. The SMILES string of the molecule is Nc1cc2c(cc1Br)C(=O)CCO2. The molecule has 0 saturated heterocycles. The number of ether oxygens (including phenoxy) is 1. The van der Waals surface area contributed by atoms with Gasteiger partial charge in [0.1, 0.15) is 5.75 Å². The summed E-state index contributed by atoms with van der Waals surface area (Å²) in [4.78, 5) is 11.4. The third kappa shape index (κ3) is 1.42. The van der Waals surface area contributed by atoms with Gasteiger partial charge in [0.25, 0.3) is 0 Å². The van der Waals surface area contributed by atoms with Gasteiger partial charge in [-0.15, -0.1) is 0 Å². The molecule has 13 heavy (non-hydrogen) atoms. The van der Waals surface area contributed by atoms with Crippen LogP contribution in [0.3, 0.4) is 0 Å². The molecule has 0 atom stereocenters. The lowest BCUT2D eigenvalue weighted by Crippen LogP contribution is -2.15. The van der Waals surface area contributed by atoms with Gasteiger partial charge in [0.15, 0.2) is 5.78 Å². The summed E-state index contributed by atoms with van der Waals surface area (Å²) in [5.74, 6) is 0.707. The highest BCUT2D eigenvalue weighted by molar-refractivity contribution is 9.10. The highest BCUT2D eigenvalue weighted by Crippen LogP contribution is 2.32. The predicted octanol–water partition coefficient (Wildman–Crippen LogP) is 2.00. The lowest BCUT2D eigenvalue weighted by atomic mass is 10.0. The summed E-state index contributed by atoms with van der Waals surface area (Å²) in [5.41, 5.74) is 6.86. The second-order valence-electron chi connectivity index (χ2n) is 2.89. The van der Waals surface area contributed by atoms with Crippen molar-refractivity contribution in [3.8, 4) is 5.75 Å². The van der Waals surface area contributed by atoms with Crippen molar-refractivity contribution in [1.82, 2.24) is 0 Å². The van der Waals surface area contributed by atoms with E-state index in [2.05, 4.69) is 15.9 Å². The molecule has 0 unspecified atom stereocenters. The van der Waals surface area contributed by atoms with Crippen LogP contribution in [0.4, 0.5) is 5.69 Å². The molecule has 0 fully saturated rings. The van der Waals surface area contributed by atoms with E-state index in [1.54, 1.807) is 12.1 Å². The van der Waals surface area contributed by atoms with E-state index in [9.17, 15) is 4.79 Å². The zero-order valence-electron chi connectivity index (χ0n) is 6.84. The van der Waals surface area contributed by atoms with Gasteiger partial charge >= 0.3 is 0 Å². The smallest absolute Gasteiger partial charge is 0.170 e. The maximum atomic E-state index is 11.4. The van der Waals surface area contributed by atoms with Gasteiger partial charge in [-0.25, -0.2) is 0 Å². The van der Waals surface area contributed by atoms with Gasteiger partial charge in [0, 0.05) is 22.6 Å². The fourth-order valence-corrected chi connectivity index (χ4v) is 1.64. The fraction of sp³-hybridized carbons (Fsp3) is 0.222. The van der Waals surface area contributed by atoms with E-state index < -0.39 is 0 Å². The third-order valence-corrected chi connectivity index (χ3v) is 2.67. The molecule has 0 aromatic heterocycles. The number of nitrogens with two attached hydrogens (primary N) is 1. The molecule has 1 heterocycles. The number of rotatable bonds is 0. The van der Waals surface area contributed by atoms with Crippen molar-refractivity contribution in [2.24, 2.45) is 0 Å². The van der Waals surface area contributed by atoms with E-state index in [0.29, 0.717) is 30.0 Å². The summed E-state index contributed by atoms with van der Waals surface area (Å²) in [6.07, 6.45) is 0.448. The highest BCUT2D eigenvalue weighted by atomic mass is 79.9. The minimum Gasteiger partial charge on any atom is -0.492 e. The molecule has 1 aliphatic rings. The molecule has 0 bridgehead atoms. The van der Waals surface area contributed by atoms with Crippen LogP contribution < -0.4 is 10.5 Å². The average molecular weight is 242 g/mol. The number of hydrogen-bond acceptors (Lipinski definition) is 3. The number of carbonyl (C=O) groups excluding carboxylic acids is 1. The number of fused-ring (bicyclic) bond motifs is 1. The summed E-state index contributed by atoms with van der Waals surface area (Å²) in [6, 6.07) is 3.39. The number of ketones is 1. The average Bonchev–Trinajstić information content (AvgIpc) is 2.09. The van der Waals surface area contributed by atoms with Crippen LogP contribution in [0.15, 0.2) is 16.6 Å². The Bertz CT molecular complexity index is 376. The van der Waals surface area contributed by atoms with Crippen LogP contribution in [-0.4, -0.2) is 12.4 Å². The molecule has 1 aromatic carbocycles. The molecular formula is C9H8BrNO2. The first kappa shape index (κ1) is 8.56. The second kappa shape index (κ2) is 3.03. The van der Waals surface area contributed by atoms with Gasteiger partial charge in [-0.1, -0.05) is 0 Å². The van der Waals surface area contributed by atoms with E-state index >= 15 is 0 Å². The molecule has 0 radical (unpaired) electrons. The van der Waals surface area contributed by atoms with Gasteiger partial charge in [-0.05, 0) is 22.0 Å². The maximum Gasteiger partial charge on any atom is 0.170 e. The first-order valence-electron chi connectivity index (χ1n) is 3.93. The van der Waals surface area contributed by atoms with Crippen molar-refractivity contribution >= 4 is 27.4 Å². The van der Waals surface area contributed by atoms with Crippen molar-refractivity contribution in [2.45, 2.75) is 6.42 Å². The van der Waals surface area contributed by atoms with E-state index in [1.807, 2.05) is 0 Å². The Morgan fingerprint density at radius 1 is 1.46 bits per heavy atom. The second-order valence-corrected chi connectivity index (χ2v) is 3.75. The van der Waals surface area contributed by atoms with Crippen molar-refractivity contribution < 1.29 is 9.53 Å². The first-order chi connectivity index (χ1) is 6.18. The molecule has 0 spiro atoms. The van der Waals surface area contributed by atoms with Gasteiger partial charge in [-0.2, -0.15) is 0 Å². The fourth-order valence-electron chi connectivity index (χ4n) is 1.29. The van der Waals surface area contributed by atoms with Crippen LogP contribution in [0.2, 0.25) is 0 Å². The Hall–Kier alpha value is -1.03. The summed E-state index contributed by atoms with van der Waals surface area (Å²) < 4.78 is 6.05. The van der Waals surface area contributed by atoms with Crippen LogP contribution in [0, 0.1) is 0 Å². The summed E-state index contributed by atoms with van der Waals surface area (Å²) in [7, 11) is 0. The zero-order valence-corrected chi connectivity index (χ0v) is 8.43. The Labute approximate surface area is 84.0 Å². The predicted molar refractivity (Wildman–Crippen MR) is 53.0 cm³/mol. The largest absolute Gasteiger partial charge is 0.492 e. The number of halogens is 1. The quantitative estimate of drug-likeness (QED) is 0.708. The lowest BCUT2D eigenvalue weighted by molar-refractivity contribution is 0.0933. The molecular weight excluding hydrogens is 234 g/mol. The Morgan fingerprint density at radius 2 is 2.23 bits per heavy atom. The van der Waals surface area contributed by atoms with E-state index in [1.165, 1.54) is 0 Å². The van der Waals surface area contributed by atoms with Gasteiger partial charge in [0.2, 0.25) is 0 Å². The van der Waals surface area contributed by atoms with Crippen LogP contribution in [0.5, 0.6) is 5.75 Å². The van der Waals surface area contributed by atoms with E-state index in [4.69, 9.17) is 10.5 Å². The van der Waals surface area contributed by atoms with Gasteiger partial charge < -0.3 is 10.5 Å². The number of hydrogen-bond donors (Lipinski definition) is 1. The number of benzene rings is 1. The number of Topliss-reactive ketones (excluding diaryl/α,β-unsaturated/α-hetero) is 1. The van der Waals surface area contributed by atoms with E-state index in [-0.39, 0.29) is 5.78 Å². The Morgan fingerprint density at radius 3 is 3.00 bits per heavy atom. The Kier molecular flexibility index (Phi) is 2.00. The monoisotopic (exact) mass is 241 g/mol. The van der Waals surface area contributed by atoms with Crippen LogP contribution >= 0.6 is 15.9 Å². The zero-order chi connectivity index (χ0) is 9.42. The minimum atomic E-state index is 0.113. The number of anilines is 1. The number of nitrogen functional groups attached to an aromatic ring is 1. The van der Waals surface area contributed by atoms with Gasteiger partial charge in [0.05, 0.1) is 12.2 Å². The molecule has 0 saturated carbocycles. The first-order valence-corrected chi connectivity index (χ1v) is 4.73. The molecule has 1 aliphatic heterocycles. The molecule has 0 aliphatic carbocycles. The normalized spacial score (nSPS) is 15.0. The lowest BCUT2D eigenvalue weighted by Gasteiger charge is -2.16.